The molecular weight excluding hydrogens is 252 g/mol. The molecule has 1 fully saturated rings. The van der Waals surface area contributed by atoms with Crippen molar-refractivity contribution in [1.29, 1.82) is 0 Å². The van der Waals surface area contributed by atoms with E-state index in [1.54, 1.807) is 12.6 Å². The van der Waals surface area contributed by atoms with Gasteiger partial charge in [0.05, 0.1) is 12.8 Å². The summed E-state index contributed by atoms with van der Waals surface area (Å²) in [7, 11) is 0. The zero-order valence-corrected chi connectivity index (χ0v) is 11.5. The number of rotatable bonds is 5. The molecule has 2 heterocycles. The number of aromatic nitrogens is 2. The number of anilines is 2. The summed E-state index contributed by atoms with van der Waals surface area (Å²) < 4.78 is 5.29. The number of hydrogen-bond donors (Lipinski definition) is 2. The molecule has 20 heavy (non-hydrogen) atoms. The molecule has 5 heteroatoms. The average molecular weight is 272 g/mol. The zero-order chi connectivity index (χ0) is 13.6. The maximum absolute atomic E-state index is 5.29. The van der Waals surface area contributed by atoms with Crippen LogP contribution >= 0.6 is 0 Å². The quantitative estimate of drug-likeness (QED) is 0.873. The maximum atomic E-state index is 5.29. The van der Waals surface area contributed by atoms with E-state index in [0.717, 1.165) is 17.4 Å². The van der Waals surface area contributed by atoms with Crippen molar-refractivity contribution >= 4 is 11.6 Å². The molecule has 3 rings (SSSR count). The van der Waals surface area contributed by atoms with Crippen LogP contribution in [-0.2, 0) is 6.54 Å². The second-order valence-electron chi connectivity index (χ2n) is 5.20. The van der Waals surface area contributed by atoms with Crippen molar-refractivity contribution in [2.24, 2.45) is 0 Å². The summed E-state index contributed by atoms with van der Waals surface area (Å²) in [5.41, 5.74) is 0. The average Bonchev–Trinajstić information content (AvgIpc) is 3.00. The van der Waals surface area contributed by atoms with Gasteiger partial charge in [-0.25, -0.2) is 9.97 Å². The molecule has 0 aromatic carbocycles. The number of hydrogen-bond acceptors (Lipinski definition) is 5. The normalized spacial score (nSPS) is 16.0. The van der Waals surface area contributed by atoms with Gasteiger partial charge in [-0.05, 0) is 25.0 Å². The summed E-state index contributed by atoms with van der Waals surface area (Å²) in [6.45, 7) is 0.632. The van der Waals surface area contributed by atoms with Gasteiger partial charge in [0.25, 0.3) is 0 Å². The molecule has 0 aliphatic heterocycles. The van der Waals surface area contributed by atoms with Crippen molar-refractivity contribution in [1.82, 2.24) is 9.97 Å². The second-order valence-corrected chi connectivity index (χ2v) is 5.20. The van der Waals surface area contributed by atoms with Gasteiger partial charge in [-0.3, -0.25) is 0 Å². The zero-order valence-electron chi connectivity index (χ0n) is 11.5. The van der Waals surface area contributed by atoms with Crippen LogP contribution in [0.15, 0.2) is 35.2 Å². The van der Waals surface area contributed by atoms with Gasteiger partial charge in [-0.2, -0.15) is 0 Å². The first-order valence-electron chi connectivity index (χ1n) is 7.25. The number of furan rings is 1. The Morgan fingerprint density at radius 1 is 1.15 bits per heavy atom. The Balaban J connectivity index is 1.57. The lowest BCUT2D eigenvalue weighted by molar-refractivity contribution is 0.462. The van der Waals surface area contributed by atoms with Crippen molar-refractivity contribution in [3.63, 3.8) is 0 Å². The Morgan fingerprint density at radius 2 is 2.00 bits per heavy atom. The molecule has 0 unspecified atom stereocenters. The van der Waals surface area contributed by atoms with Crippen molar-refractivity contribution in [3.05, 3.63) is 36.5 Å². The smallest absolute Gasteiger partial charge is 0.131 e. The van der Waals surface area contributed by atoms with Gasteiger partial charge in [0.1, 0.15) is 23.7 Å². The van der Waals surface area contributed by atoms with E-state index in [1.807, 2.05) is 18.2 Å². The molecule has 0 radical (unpaired) electrons. The van der Waals surface area contributed by atoms with E-state index in [9.17, 15) is 0 Å². The molecule has 0 bridgehead atoms. The van der Waals surface area contributed by atoms with E-state index in [0.29, 0.717) is 12.6 Å². The predicted octanol–water partition coefficient (Wildman–Crippen LogP) is 3.43. The molecule has 1 aliphatic rings. The molecule has 1 aliphatic carbocycles. The minimum absolute atomic E-state index is 0.552. The first-order chi connectivity index (χ1) is 9.90. The first kappa shape index (κ1) is 13.0. The maximum Gasteiger partial charge on any atom is 0.131 e. The lowest BCUT2D eigenvalue weighted by Crippen LogP contribution is -2.22. The molecule has 0 atom stereocenters. The molecular formula is C15H20N4O. The fourth-order valence-corrected chi connectivity index (χ4v) is 2.58. The summed E-state index contributed by atoms with van der Waals surface area (Å²) in [5.74, 6) is 2.61. The topological polar surface area (TPSA) is 63.0 Å². The molecule has 2 aromatic rings. The molecule has 5 nitrogen and oxygen atoms in total. The molecule has 0 spiro atoms. The fourth-order valence-electron chi connectivity index (χ4n) is 2.58. The van der Waals surface area contributed by atoms with E-state index in [-0.39, 0.29) is 0 Å². The highest BCUT2D eigenvalue weighted by atomic mass is 16.3. The van der Waals surface area contributed by atoms with Crippen molar-refractivity contribution in [2.75, 3.05) is 10.6 Å². The van der Waals surface area contributed by atoms with Crippen molar-refractivity contribution in [3.8, 4) is 0 Å². The second kappa shape index (κ2) is 6.41. The van der Waals surface area contributed by atoms with Crippen LogP contribution < -0.4 is 10.6 Å². The van der Waals surface area contributed by atoms with Crippen LogP contribution in [0.5, 0.6) is 0 Å². The molecule has 1 saturated carbocycles. The minimum Gasteiger partial charge on any atom is -0.467 e. The van der Waals surface area contributed by atoms with Crippen LogP contribution in [-0.4, -0.2) is 16.0 Å². The number of nitrogens with one attached hydrogen (secondary N) is 2. The van der Waals surface area contributed by atoms with E-state index >= 15 is 0 Å². The highest BCUT2D eigenvalue weighted by molar-refractivity contribution is 5.47. The third-order valence-corrected chi connectivity index (χ3v) is 3.65. The van der Waals surface area contributed by atoms with E-state index in [2.05, 4.69) is 20.6 Å². The number of nitrogens with zero attached hydrogens (tertiary/aromatic N) is 2. The Labute approximate surface area is 118 Å². The van der Waals surface area contributed by atoms with Crippen molar-refractivity contribution in [2.45, 2.75) is 44.7 Å². The Hall–Kier alpha value is -2.04. The third-order valence-electron chi connectivity index (χ3n) is 3.65. The molecule has 0 amide bonds. The van der Waals surface area contributed by atoms with E-state index in [4.69, 9.17) is 4.42 Å². The summed E-state index contributed by atoms with van der Waals surface area (Å²) in [4.78, 5) is 8.52. The van der Waals surface area contributed by atoms with E-state index in [1.165, 1.54) is 32.1 Å². The molecule has 106 valence electrons. The van der Waals surface area contributed by atoms with E-state index < -0.39 is 0 Å². The van der Waals surface area contributed by atoms with Gasteiger partial charge in [0.15, 0.2) is 0 Å². The molecule has 2 N–H and O–H groups in total. The van der Waals surface area contributed by atoms with Gasteiger partial charge in [-0.1, -0.05) is 19.3 Å². The first-order valence-corrected chi connectivity index (χ1v) is 7.25. The summed E-state index contributed by atoms with van der Waals surface area (Å²) >= 11 is 0. The lowest BCUT2D eigenvalue weighted by Gasteiger charge is -2.23. The Bertz CT molecular complexity index is 520. The highest BCUT2D eigenvalue weighted by Gasteiger charge is 2.13. The lowest BCUT2D eigenvalue weighted by atomic mass is 9.95. The standard InChI is InChI=1S/C15H20N4O/c1-2-5-12(6-3-1)19-15-9-14(17-11-18-15)16-10-13-7-4-8-20-13/h4,7-9,11-12H,1-3,5-6,10H2,(H2,16,17,18,19). The van der Waals surface area contributed by atoms with Crippen LogP contribution in [0.1, 0.15) is 37.9 Å². The van der Waals surface area contributed by atoms with Crippen LogP contribution in [0, 0.1) is 0 Å². The Morgan fingerprint density at radius 3 is 2.80 bits per heavy atom. The molecule has 0 saturated heterocycles. The summed E-state index contributed by atoms with van der Waals surface area (Å²) in [6, 6.07) is 6.33. The van der Waals surface area contributed by atoms with Crippen LogP contribution in [0.3, 0.4) is 0 Å². The Kier molecular flexibility index (Phi) is 4.16. The fraction of sp³-hybridized carbons (Fsp3) is 0.467. The highest BCUT2D eigenvalue weighted by Crippen LogP contribution is 2.21. The monoisotopic (exact) mass is 272 g/mol. The third kappa shape index (κ3) is 3.50. The van der Waals surface area contributed by atoms with Gasteiger partial charge in [0.2, 0.25) is 0 Å². The van der Waals surface area contributed by atoms with Gasteiger partial charge < -0.3 is 15.1 Å². The largest absolute Gasteiger partial charge is 0.467 e. The van der Waals surface area contributed by atoms with Crippen LogP contribution in [0.2, 0.25) is 0 Å². The van der Waals surface area contributed by atoms with Gasteiger partial charge in [0, 0.05) is 12.1 Å². The summed E-state index contributed by atoms with van der Waals surface area (Å²) in [6.07, 6.45) is 9.72. The van der Waals surface area contributed by atoms with Crippen LogP contribution in [0.4, 0.5) is 11.6 Å². The molecule has 2 aromatic heterocycles. The van der Waals surface area contributed by atoms with Gasteiger partial charge >= 0.3 is 0 Å². The minimum atomic E-state index is 0.552. The SMILES string of the molecule is c1coc(CNc2cc(NC3CCCCC3)ncn2)c1. The predicted molar refractivity (Wildman–Crippen MR) is 78.6 cm³/mol. The van der Waals surface area contributed by atoms with Crippen LogP contribution in [0.25, 0.3) is 0 Å². The van der Waals surface area contributed by atoms with Gasteiger partial charge in [-0.15, -0.1) is 0 Å². The van der Waals surface area contributed by atoms with Crippen molar-refractivity contribution < 1.29 is 4.42 Å². The summed E-state index contributed by atoms with van der Waals surface area (Å²) in [5, 5.41) is 6.74.